The van der Waals surface area contributed by atoms with Crippen LogP contribution in [-0.2, 0) is 26.0 Å². The third-order valence-electron chi connectivity index (χ3n) is 10.4. The summed E-state index contributed by atoms with van der Waals surface area (Å²) < 4.78 is 29.7. The summed E-state index contributed by atoms with van der Waals surface area (Å²) in [6.45, 7) is 10.2. The van der Waals surface area contributed by atoms with Crippen LogP contribution >= 0.6 is 0 Å². The molecule has 0 heterocycles. The number of carbonyl (C=O) groups excluding carboxylic acids is 1. The summed E-state index contributed by atoms with van der Waals surface area (Å²) in [5.74, 6) is -2.16. The number of sulfone groups is 1. The Bertz CT molecular complexity index is 1530. The Hall–Kier alpha value is -2.97. The standard InChI is InChI=1S/C37H51NO6S/c1-6-7-13-28-22-36(3)18-10-11-19-37(36,4)23-29(28)25-44-24-27-15-16-31(32(21-27)30-14-9-8-12-26(30)2)34(39)38-33(35(40)41)17-20-45(5,42)43/h8-9,12,14-16,21,33H,6-7,10-11,13,17-20,22-25H2,1-5H3,(H,38,39)(H,40,41)/t33-,36?,37?/m0/s1. The van der Waals surface area contributed by atoms with Gasteiger partial charge in [-0.3, -0.25) is 4.79 Å². The van der Waals surface area contributed by atoms with Crippen LogP contribution in [0.1, 0.15) is 106 Å². The van der Waals surface area contributed by atoms with E-state index in [9.17, 15) is 23.1 Å². The molecule has 0 aliphatic heterocycles. The molecular weight excluding hydrogens is 586 g/mol. The van der Waals surface area contributed by atoms with E-state index < -0.39 is 27.8 Å². The van der Waals surface area contributed by atoms with E-state index in [1.165, 1.54) is 50.5 Å². The van der Waals surface area contributed by atoms with Crippen LogP contribution in [0.5, 0.6) is 0 Å². The second-order valence-electron chi connectivity index (χ2n) is 14.0. The van der Waals surface area contributed by atoms with E-state index in [0.717, 1.165) is 35.8 Å². The first kappa shape index (κ1) is 34.9. The molecule has 0 spiro atoms. The van der Waals surface area contributed by atoms with Gasteiger partial charge in [-0.15, -0.1) is 0 Å². The first-order chi connectivity index (χ1) is 21.2. The average Bonchev–Trinajstić information content (AvgIpc) is 2.98. The van der Waals surface area contributed by atoms with Gasteiger partial charge in [0, 0.05) is 11.8 Å². The number of hydrogen-bond donors (Lipinski definition) is 2. The molecule has 0 radical (unpaired) electrons. The number of nitrogens with one attached hydrogen (secondary N) is 1. The monoisotopic (exact) mass is 637 g/mol. The largest absolute Gasteiger partial charge is 0.480 e. The van der Waals surface area contributed by atoms with Crippen molar-refractivity contribution < 1.29 is 27.9 Å². The maximum absolute atomic E-state index is 13.5. The molecule has 2 aromatic carbocycles. The van der Waals surface area contributed by atoms with Crippen molar-refractivity contribution in [3.05, 3.63) is 70.3 Å². The Morgan fingerprint density at radius 3 is 2.27 bits per heavy atom. The minimum Gasteiger partial charge on any atom is -0.480 e. The van der Waals surface area contributed by atoms with Gasteiger partial charge < -0.3 is 15.2 Å². The summed E-state index contributed by atoms with van der Waals surface area (Å²) in [7, 11) is -3.39. The molecule has 0 bridgehead atoms. The molecule has 0 aromatic heterocycles. The molecule has 2 aliphatic carbocycles. The number of hydrogen-bond acceptors (Lipinski definition) is 5. The molecule has 0 saturated heterocycles. The lowest BCUT2D eigenvalue weighted by atomic mass is 9.50. The third kappa shape index (κ3) is 8.64. The SMILES string of the molecule is CCCCC1=C(COCc2ccc(C(=O)N[C@@H](CCS(C)(=O)=O)C(=O)O)c(-c3ccccc3C)c2)CC2(C)CCCCC2(C)C1. The smallest absolute Gasteiger partial charge is 0.326 e. The first-order valence-electron chi connectivity index (χ1n) is 16.4. The highest BCUT2D eigenvalue weighted by molar-refractivity contribution is 7.90. The third-order valence-corrected chi connectivity index (χ3v) is 11.4. The van der Waals surface area contributed by atoms with E-state index in [4.69, 9.17) is 4.74 Å². The van der Waals surface area contributed by atoms with Gasteiger partial charge in [0.25, 0.3) is 5.91 Å². The number of carbonyl (C=O) groups is 2. The van der Waals surface area contributed by atoms with Crippen LogP contribution in [0.15, 0.2) is 53.6 Å². The van der Waals surface area contributed by atoms with Crippen LogP contribution in [0.4, 0.5) is 0 Å². The molecule has 8 heteroatoms. The molecule has 45 heavy (non-hydrogen) atoms. The zero-order valence-electron chi connectivity index (χ0n) is 27.7. The summed E-state index contributed by atoms with van der Waals surface area (Å²) >= 11 is 0. The highest BCUT2D eigenvalue weighted by atomic mass is 32.2. The van der Waals surface area contributed by atoms with Gasteiger partial charge in [0.15, 0.2) is 0 Å². The number of carboxylic acids is 1. The molecular formula is C37H51NO6S. The number of allylic oxidation sites excluding steroid dienone is 1. The fourth-order valence-corrected chi connectivity index (χ4v) is 8.00. The van der Waals surface area contributed by atoms with Crippen LogP contribution in [0.2, 0.25) is 0 Å². The maximum atomic E-state index is 13.5. The van der Waals surface area contributed by atoms with E-state index >= 15 is 0 Å². The number of unbranched alkanes of at least 4 members (excludes halogenated alkanes) is 1. The van der Waals surface area contributed by atoms with Crippen LogP contribution in [0.25, 0.3) is 11.1 Å². The average molecular weight is 638 g/mol. The van der Waals surface area contributed by atoms with E-state index in [0.29, 0.717) is 35.2 Å². The predicted octanol–water partition coefficient (Wildman–Crippen LogP) is 7.66. The molecule has 2 aromatic rings. The van der Waals surface area contributed by atoms with Gasteiger partial charge in [0.05, 0.1) is 19.0 Å². The summed E-state index contributed by atoms with van der Waals surface area (Å²) in [5.41, 5.74) is 7.52. The highest BCUT2D eigenvalue weighted by Gasteiger charge is 2.49. The molecule has 3 atom stereocenters. The number of aliphatic carboxylic acids is 1. The number of benzene rings is 2. The molecule has 1 fully saturated rings. The second kappa shape index (κ2) is 14.6. The highest BCUT2D eigenvalue weighted by Crippen LogP contribution is 2.60. The van der Waals surface area contributed by atoms with Crippen LogP contribution in [0, 0.1) is 17.8 Å². The minimum absolute atomic E-state index is 0.209. The molecule has 4 rings (SSSR count). The molecule has 1 saturated carbocycles. The van der Waals surface area contributed by atoms with Gasteiger partial charge in [-0.05, 0) is 103 Å². The Morgan fingerprint density at radius 1 is 0.978 bits per heavy atom. The van der Waals surface area contributed by atoms with E-state index in [-0.39, 0.29) is 12.2 Å². The number of aryl methyl sites for hydroxylation is 1. The summed E-state index contributed by atoms with van der Waals surface area (Å²) in [6.07, 6.45) is 11.8. The quantitative estimate of drug-likeness (QED) is 0.206. The normalized spacial score (nSPS) is 22.5. The molecule has 2 aliphatic rings. The van der Waals surface area contributed by atoms with E-state index in [1.807, 2.05) is 43.3 Å². The number of ether oxygens (including phenoxy) is 1. The van der Waals surface area contributed by atoms with Gasteiger partial charge in [0.2, 0.25) is 0 Å². The molecule has 246 valence electrons. The lowest BCUT2D eigenvalue weighted by Gasteiger charge is -2.54. The summed E-state index contributed by atoms with van der Waals surface area (Å²) in [4.78, 5) is 25.3. The fraction of sp³-hybridized carbons (Fsp3) is 0.568. The van der Waals surface area contributed by atoms with Gasteiger partial charge in [0.1, 0.15) is 15.9 Å². The topological polar surface area (TPSA) is 110 Å². The Labute approximate surface area is 269 Å². The van der Waals surface area contributed by atoms with Crippen molar-refractivity contribution in [3.63, 3.8) is 0 Å². The number of rotatable bonds is 14. The first-order valence-corrected chi connectivity index (χ1v) is 18.5. The Kier molecular flexibility index (Phi) is 11.3. The fourth-order valence-electron chi connectivity index (χ4n) is 7.33. The van der Waals surface area contributed by atoms with Crippen LogP contribution in [-0.4, -0.2) is 50.1 Å². The lowest BCUT2D eigenvalue weighted by Crippen LogP contribution is -2.44. The zero-order valence-corrected chi connectivity index (χ0v) is 28.5. The summed E-state index contributed by atoms with van der Waals surface area (Å²) in [6, 6.07) is 12.0. The Morgan fingerprint density at radius 2 is 1.64 bits per heavy atom. The summed E-state index contributed by atoms with van der Waals surface area (Å²) in [5, 5.41) is 12.2. The number of carboxylic acid groups (broad SMARTS) is 1. The van der Waals surface area contributed by atoms with Crippen molar-refractivity contribution in [3.8, 4) is 11.1 Å². The van der Waals surface area contributed by atoms with E-state index in [2.05, 4.69) is 26.1 Å². The van der Waals surface area contributed by atoms with Gasteiger partial charge >= 0.3 is 5.97 Å². The van der Waals surface area contributed by atoms with Crippen molar-refractivity contribution in [2.75, 3.05) is 18.6 Å². The van der Waals surface area contributed by atoms with Crippen LogP contribution < -0.4 is 5.32 Å². The van der Waals surface area contributed by atoms with Gasteiger partial charge in [-0.2, -0.15) is 0 Å². The van der Waals surface area contributed by atoms with Crippen molar-refractivity contribution >= 4 is 21.7 Å². The molecule has 2 N–H and O–H groups in total. The molecule has 1 amide bonds. The van der Waals surface area contributed by atoms with Crippen molar-refractivity contribution in [1.29, 1.82) is 0 Å². The lowest BCUT2D eigenvalue weighted by molar-refractivity contribution is -0.139. The second-order valence-corrected chi connectivity index (χ2v) is 16.2. The van der Waals surface area contributed by atoms with Crippen molar-refractivity contribution in [2.24, 2.45) is 10.8 Å². The Balaban J connectivity index is 1.56. The predicted molar refractivity (Wildman–Crippen MR) is 180 cm³/mol. The minimum atomic E-state index is -3.39. The van der Waals surface area contributed by atoms with Crippen molar-refractivity contribution in [2.45, 2.75) is 105 Å². The van der Waals surface area contributed by atoms with Crippen molar-refractivity contribution in [1.82, 2.24) is 5.32 Å². The maximum Gasteiger partial charge on any atom is 0.326 e. The van der Waals surface area contributed by atoms with Gasteiger partial charge in [-0.1, -0.05) is 75.9 Å². The molecule has 7 nitrogen and oxygen atoms in total. The zero-order chi connectivity index (χ0) is 32.8. The van der Waals surface area contributed by atoms with E-state index in [1.54, 1.807) is 11.6 Å². The number of fused-ring (bicyclic) bond motifs is 1. The molecule has 2 unspecified atom stereocenters. The van der Waals surface area contributed by atoms with Crippen LogP contribution in [0.3, 0.4) is 0 Å². The number of amides is 1. The van der Waals surface area contributed by atoms with Gasteiger partial charge in [-0.25, -0.2) is 13.2 Å².